The third-order valence-electron chi connectivity index (χ3n) is 11.3. The third-order valence-corrected chi connectivity index (χ3v) is 11.3. The number of ether oxygens (including phenoxy) is 2. The molecular weight excluding hydrogens is 693 g/mol. The molecule has 296 valence electrons. The summed E-state index contributed by atoms with van der Waals surface area (Å²) in [6, 6.07) is 18.7. The quantitative estimate of drug-likeness (QED) is 0.106. The molecule has 1 fully saturated rings. The van der Waals surface area contributed by atoms with Crippen molar-refractivity contribution >= 4 is 34.9 Å². The Morgan fingerprint density at radius 3 is 1.89 bits per heavy atom. The molecule has 2 heterocycles. The fourth-order valence-electron chi connectivity index (χ4n) is 8.20. The second-order valence-corrected chi connectivity index (χ2v) is 15.1. The van der Waals surface area contributed by atoms with E-state index in [4.69, 9.17) is 9.47 Å². The monoisotopic (exact) mass is 752 g/mol. The van der Waals surface area contributed by atoms with E-state index in [9.17, 15) is 19.2 Å². The van der Waals surface area contributed by atoms with Crippen molar-refractivity contribution in [3.05, 3.63) is 82.9 Å². The molecule has 2 amide bonds. The number of ketones is 1. The van der Waals surface area contributed by atoms with Crippen molar-refractivity contribution in [2.45, 2.75) is 105 Å². The standard InChI is InChI=1S/C45H60N4O6/c1-10-39(50)38(26-29(6)7)46(9)44(52)37-20-17-25-49(37)43(51)30(8)54-45(53)34-19-16-15-18-33(34)42-35-23-21-31(47(11-2)12-3)27-40(35)55-41-28-32(22-24-36(41)42)48(13-4)14-5/h15-16,18-19,21-24,27-30,37-38,42H,10-14,17,20,25-26H2,1-9H3/t30-,37-,38-/m0/s1. The maximum Gasteiger partial charge on any atom is 0.339 e. The van der Waals surface area contributed by atoms with E-state index in [0.29, 0.717) is 37.8 Å². The van der Waals surface area contributed by atoms with Gasteiger partial charge in [0.1, 0.15) is 17.5 Å². The van der Waals surface area contributed by atoms with Crippen LogP contribution in [0.15, 0.2) is 60.7 Å². The lowest BCUT2D eigenvalue weighted by Gasteiger charge is -2.34. The van der Waals surface area contributed by atoms with E-state index >= 15 is 0 Å². The summed E-state index contributed by atoms with van der Waals surface area (Å²) in [4.78, 5) is 62.4. The lowest BCUT2D eigenvalue weighted by Crippen LogP contribution is -2.53. The summed E-state index contributed by atoms with van der Waals surface area (Å²) in [5.41, 5.74) is 5.09. The normalized spacial score (nSPS) is 16.1. The van der Waals surface area contributed by atoms with Crippen molar-refractivity contribution < 1.29 is 28.7 Å². The van der Waals surface area contributed by atoms with E-state index in [1.54, 1.807) is 33.0 Å². The minimum Gasteiger partial charge on any atom is -0.457 e. The van der Waals surface area contributed by atoms with E-state index in [1.807, 2.05) is 26.0 Å². The molecule has 55 heavy (non-hydrogen) atoms. The fraction of sp³-hybridized carbons (Fsp3) is 0.511. The maximum atomic E-state index is 14.2. The number of carbonyl (C=O) groups excluding carboxylic acids is 4. The van der Waals surface area contributed by atoms with E-state index in [2.05, 4.69) is 73.9 Å². The minimum atomic E-state index is -1.13. The molecule has 2 aliphatic rings. The van der Waals surface area contributed by atoms with Crippen LogP contribution in [0.4, 0.5) is 11.4 Å². The molecule has 0 saturated carbocycles. The number of Topliss-reactive ketones (excluding diaryl/α,β-unsaturated/α-hetero) is 1. The van der Waals surface area contributed by atoms with Gasteiger partial charge in [0.15, 0.2) is 11.9 Å². The first-order valence-electron chi connectivity index (χ1n) is 20.2. The minimum absolute atomic E-state index is 0.00447. The lowest BCUT2D eigenvalue weighted by molar-refractivity contribution is -0.150. The topological polar surface area (TPSA) is 99.7 Å². The first kappa shape index (κ1) is 41.3. The first-order chi connectivity index (χ1) is 26.4. The number of anilines is 2. The number of fused-ring (bicyclic) bond motifs is 2. The summed E-state index contributed by atoms with van der Waals surface area (Å²) >= 11 is 0. The molecular formula is C45H60N4O6. The third kappa shape index (κ3) is 8.68. The molecule has 10 heteroatoms. The van der Waals surface area contributed by atoms with Gasteiger partial charge in [0.05, 0.1) is 11.6 Å². The summed E-state index contributed by atoms with van der Waals surface area (Å²) < 4.78 is 12.6. The molecule has 1 saturated heterocycles. The highest BCUT2D eigenvalue weighted by Crippen LogP contribution is 2.50. The molecule has 0 radical (unpaired) electrons. The van der Waals surface area contributed by atoms with E-state index < -0.39 is 30.1 Å². The van der Waals surface area contributed by atoms with Gasteiger partial charge in [-0.1, -0.05) is 51.1 Å². The second kappa shape index (κ2) is 18.2. The molecule has 3 aromatic carbocycles. The average Bonchev–Trinajstić information content (AvgIpc) is 3.68. The highest BCUT2D eigenvalue weighted by Gasteiger charge is 2.41. The smallest absolute Gasteiger partial charge is 0.339 e. The van der Waals surface area contributed by atoms with Gasteiger partial charge in [-0.15, -0.1) is 0 Å². The summed E-state index contributed by atoms with van der Waals surface area (Å²) in [7, 11) is 1.66. The fourth-order valence-corrected chi connectivity index (χ4v) is 8.20. The Labute approximate surface area is 327 Å². The van der Waals surface area contributed by atoms with Crippen molar-refractivity contribution in [2.75, 3.05) is 49.6 Å². The number of esters is 1. The van der Waals surface area contributed by atoms with Crippen LogP contribution in [0.2, 0.25) is 0 Å². The highest BCUT2D eigenvalue weighted by molar-refractivity contribution is 5.96. The molecule has 3 atom stereocenters. The number of carbonyl (C=O) groups is 4. The van der Waals surface area contributed by atoms with Gasteiger partial charge in [0.2, 0.25) is 5.91 Å². The van der Waals surface area contributed by atoms with Crippen LogP contribution >= 0.6 is 0 Å². The SMILES string of the molecule is CCC(=O)[C@H](CC(C)C)N(C)C(=O)[C@@H]1CCCN1C(=O)[C@H](C)OC(=O)c1ccccc1C1c2ccc(N(CC)CC)cc2Oc2cc(N(CC)CC)ccc21. The zero-order valence-corrected chi connectivity index (χ0v) is 34.3. The second-order valence-electron chi connectivity index (χ2n) is 15.1. The number of hydrogen-bond donors (Lipinski definition) is 0. The molecule has 0 bridgehead atoms. The van der Waals surface area contributed by atoms with Crippen molar-refractivity contribution in [1.29, 1.82) is 0 Å². The Kier molecular flexibility index (Phi) is 13.7. The largest absolute Gasteiger partial charge is 0.457 e. The van der Waals surface area contributed by atoms with Gasteiger partial charge in [0, 0.05) is 86.7 Å². The zero-order chi connectivity index (χ0) is 40.0. The van der Waals surface area contributed by atoms with Crippen LogP contribution in [0, 0.1) is 5.92 Å². The summed E-state index contributed by atoms with van der Waals surface area (Å²) in [5, 5.41) is 0. The van der Waals surface area contributed by atoms with Crippen LogP contribution in [0.3, 0.4) is 0 Å². The highest BCUT2D eigenvalue weighted by atomic mass is 16.5. The summed E-state index contributed by atoms with van der Waals surface area (Å²) in [6.07, 6.45) is 0.882. The van der Waals surface area contributed by atoms with Crippen LogP contribution in [-0.4, -0.2) is 91.3 Å². The van der Waals surface area contributed by atoms with Crippen molar-refractivity contribution in [2.24, 2.45) is 5.92 Å². The van der Waals surface area contributed by atoms with Crippen LogP contribution < -0.4 is 14.5 Å². The number of hydrogen-bond acceptors (Lipinski definition) is 8. The van der Waals surface area contributed by atoms with Crippen LogP contribution in [0.5, 0.6) is 11.5 Å². The first-order valence-corrected chi connectivity index (χ1v) is 20.2. The van der Waals surface area contributed by atoms with Crippen molar-refractivity contribution in [3.63, 3.8) is 0 Å². The predicted molar refractivity (Wildman–Crippen MR) is 218 cm³/mol. The van der Waals surface area contributed by atoms with Crippen LogP contribution in [0.25, 0.3) is 0 Å². The Morgan fingerprint density at radius 1 is 0.800 bits per heavy atom. The Balaban J connectivity index is 1.45. The van der Waals surface area contributed by atoms with Crippen LogP contribution in [0.1, 0.15) is 114 Å². The number of likely N-dealkylation sites (N-methyl/N-ethyl adjacent to an activating group) is 1. The van der Waals surface area contributed by atoms with Gasteiger partial charge in [-0.2, -0.15) is 0 Å². The van der Waals surface area contributed by atoms with Gasteiger partial charge >= 0.3 is 5.97 Å². The molecule has 0 N–H and O–H groups in total. The molecule has 0 aromatic heterocycles. The Morgan fingerprint density at radius 2 is 1.36 bits per heavy atom. The molecule has 3 aromatic rings. The van der Waals surface area contributed by atoms with Gasteiger partial charge < -0.3 is 29.1 Å². The molecule has 0 spiro atoms. The van der Waals surface area contributed by atoms with Crippen molar-refractivity contribution in [1.82, 2.24) is 9.80 Å². The van der Waals surface area contributed by atoms with E-state index in [-0.39, 0.29) is 23.5 Å². The number of nitrogens with zero attached hydrogens (tertiary/aromatic N) is 4. The van der Waals surface area contributed by atoms with Gasteiger partial charge in [-0.25, -0.2) is 4.79 Å². The number of likely N-dealkylation sites (tertiary alicyclic amines) is 1. The van der Waals surface area contributed by atoms with E-state index in [1.165, 1.54) is 9.80 Å². The number of amides is 2. The predicted octanol–water partition coefficient (Wildman–Crippen LogP) is 8.05. The molecule has 0 unspecified atom stereocenters. The summed E-state index contributed by atoms with van der Waals surface area (Å²) in [6.45, 7) is 19.7. The molecule has 2 aliphatic heterocycles. The molecule has 5 rings (SSSR count). The number of rotatable bonds is 16. The average molecular weight is 753 g/mol. The van der Waals surface area contributed by atoms with Crippen LogP contribution in [-0.2, 0) is 19.1 Å². The molecule has 0 aliphatic carbocycles. The van der Waals surface area contributed by atoms with Gasteiger partial charge in [0.25, 0.3) is 5.91 Å². The Bertz CT molecular complexity index is 1790. The number of benzene rings is 3. The maximum absolute atomic E-state index is 14.2. The Hall–Kier alpha value is -4.86. The van der Waals surface area contributed by atoms with Gasteiger partial charge in [-0.3, -0.25) is 14.4 Å². The van der Waals surface area contributed by atoms with Crippen molar-refractivity contribution in [3.8, 4) is 11.5 Å². The lowest BCUT2D eigenvalue weighted by atomic mass is 9.80. The van der Waals surface area contributed by atoms with Gasteiger partial charge in [-0.05, 0) is 83.6 Å². The molecule has 10 nitrogen and oxygen atoms in total. The summed E-state index contributed by atoms with van der Waals surface area (Å²) in [5.74, 6) is 0.0510. The zero-order valence-electron chi connectivity index (χ0n) is 34.3. The van der Waals surface area contributed by atoms with E-state index in [0.717, 1.165) is 65.7 Å².